The van der Waals surface area contributed by atoms with E-state index >= 15 is 0 Å². The fourth-order valence-corrected chi connectivity index (χ4v) is 1.67. The molecule has 0 bridgehead atoms. The van der Waals surface area contributed by atoms with E-state index in [9.17, 15) is 18.0 Å². The number of halogens is 4. The molecule has 2 aromatic rings. The van der Waals surface area contributed by atoms with Gasteiger partial charge in [0.1, 0.15) is 5.75 Å². The molecule has 104 valence electrons. The summed E-state index contributed by atoms with van der Waals surface area (Å²) in [5.74, 6) is 0.162. The summed E-state index contributed by atoms with van der Waals surface area (Å²) in [5.41, 5.74) is -0.801. The average molecular weight is 347 g/mol. The van der Waals surface area contributed by atoms with Crippen molar-refractivity contribution in [1.82, 2.24) is 9.97 Å². The summed E-state index contributed by atoms with van der Waals surface area (Å²) in [6.07, 6.45) is -3.04. The molecule has 0 aliphatic heterocycles. The first-order valence-electron chi connectivity index (χ1n) is 5.23. The van der Waals surface area contributed by atoms with E-state index in [-0.39, 0.29) is 5.75 Å². The number of aldehydes is 1. The quantitative estimate of drug-likeness (QED) is 0.792. The highest BCUT2D eigenvalue weighted by Gasteiger charge is 2.33. The van der Waals surface area contributed by atoms with Crippen LogP contribution in [0.3, 0.4) is 0 Å². The highest BCUT2D eigenvalue weighted by atomic mass is 79.9. The zero-order valence-corrected chi connectivity index (χ0v) is 11.3. The van der Waals surface area contributed by atoms with E-state index < -0.39 is 17.9 Å². The number of carbonyl (C=O) groups excluding carboxylic acids is 1. The van der Waals surface area contributed by atoms with Crippen molar-refractivity contribution in [2.45, 2.75) is 6.18 Å². The zero-order valence-electron chi connectivity index (χ0n) is 9.69. The zero-order chi connectivity index (χ0) is 14.8. The fraction of sp³-hybridized carbons (Fsp3) is 0.0833. The molecule has 0 unspecified atom stereocenters. The normalized spacial score (nSPS) is 11.2. The Labute approximate surface area is 119 Å². The van der Waals surface area contributed by atoms with Gasteiger partial charge in [-0.05, 0) is 24.3 Å². The van der Waals surface area contributed by atoms with Crippen LogP contribution >= 0.6 is 15.9 Å². The molecule has 0 atom stereocenters. The van der Waals surface area contributed by atoms with Crippen LogP contribution in [0.25, 0.3) is 0 Å². The van der Waals surface area contributed by atoms with Gasteiger partial charge in [0.2, 0.25) is 0 Å². The maximum Gasteiger partial charge on any atom is 0.433 e. The topological polar surface area (TPSA) is 52.1 Å². The predicted molar refractivity (Wildman–Crippen MR) is 66.6 cm³/mol. The van der Waals surface area contributed by atoms with Gasteiger partial charge in [0.15, 0.2) is 12.0 Å². The second-order valence-corrected chi connectivity index (χ2v) is 4.48. The fourth-order valence-electron chi connectivity index (χ4n) is 1.33. The highest BCUT2D eigenvalue weighted by molar-refractivity contribution is 9.10. The number of alkyl halides is 3. The molecule has 8 heteroatoms. The van der Waals surface area contributed by atoms with Gasteiger partial charge in [-0.25, -0.2) is 4.98 Å². The predicted octanol–water partition coefficient (Wildman–Crippen LogP) is 3.86. The minimum atomic E-state index is -4.57. The molecule has 0 saturated heterocycles. The summed E-state index contributed by atoms with van der Waals surface area (Å²) in [6.45, 7) is 0. The van der Waals surface area contributed by atoms with Gasteiger partial charge in [0.05, 0.1) is 0 Å². The number of benzene rings is 1. The first-order valence-corrected chi connectivity index (χ1v) is 6.02. The van der Waals surface area contributed by atoms with Gasteiger partial charge < -0.3 is 4.74 Å². The SMILES string of the molecule is O=Cc1cc(Oc2nccc(C(F)(F)F)n2)ccc1Br. The van der Waals surface area contributed by atoms with Crippen molar-refractivity contribution < 1.29 is 22.7 Å². The molecule has 1 heterocycles. The lowest BCUT2D eigenvalue weighted by Gasteiger charge is -2.08. The number of rotatable bonds is 3. The Balaban J connectivity index is 2.28. The lowest BCUT2D eigenvalue weighted by Crippen LogP contribution is -2.08. The van der Waals surface area contributed by atoms with Crippen LogP contribution in [0.15, 0.2) is 34.9 Å². The number of ether oxygens (including phenoxy) is 1. The molecule has 0 saturated carbocycles. The monoisotopic (exact) mass is 346 g/mol. The number of hydrogen-bond donors (Lipinski definition) is 0. The number of carbonyl (C=O) groups is 1. The Morgan fingerprint density at radius 2 is 2.00 bits per heavy atom. The smallest absolute Gasteiger partial charge is 0.424 e. The van der Waals surface area contributed by atoms with Crippen LogP contribution in [0.4, 0.5) is 13.2 Å². The van der Waals surface area contributed by atoms with E-state index in [2.05, 4.69) is 25.9 Å². The second kappa shape index (κ2) is 5.58. The molecule has 0 aliphatic carbocycles. The molecule has 0 amide bonds. The summed E-state index contributed by atoms with van der Waals surface area (Å²) in [6, 6.07) is 4.67. The molecule has 0 spiro atoms. The third kappa shape index (κ3) is 3.32. The lowest BCUT2D eigenvalue weighted by molar-refractivity contribution is -0.141. The summed E-state index contributed by atoms with van der Waals surface area (Å²) >= 11 is 3.15. The minimum Gasteiger partial charge on any atom is -0.424 e. The van der Waals surface area contributed by atoms with Crippen molar-refractivity contribution in [3.63, 3.8) is 0 Å². The maximum absolute atomic E-state index is 12.5. The molecule has 0 N–H and O–H groups in total. The molecule has 0 radical (unpaired) electrons. The Hall–Kier alpha value is -1.96. The van der Waals surface area contributed by atoms with Crippen molar-refractivity contribution in [3.8, 4) is 11.8 Å². The molecule has 0 fully saturated rings. The lowest BCUT2D eigenvalue weighted by atomic mass is 10.2. The first kappa shape index (κ1) is 14.4. The second-order valence-electron chi connectivity index (χ2n) is 3.63. The van der Waals surface area contributed by atoms with E-state index in [0.29, 0.717) is 16.3 Å². The maximum atomic E-state index is 12.5. The molecular formula is C12H6BrF3N2O2. The van der Waals surface area contributed by atoms with Crippen LogP contribution in [-0.2, 0) is 6.18 Å². The Kier molecular flexibility index (Phi) is 4.03. The van der Waals surface area contributed by atoms with Gasteiger partial charge in [0, 0.05) is 16.2 Å². The standard InChI is InChI=1S/C12H6BrF3N2O2/c13-9-2-1-8(5-7(9)6-19)20-11-17-4-3-10(18-11)12(14,15)16/h1-6H. The van der Waals surface area contributed by atoms with E-state index in [1.54, 1.807) is 0 Å². The van der Waals surface area contributed by atoms with Crippen LogP contribution in [0.1, 0.15) is 16.1 Å². The molecular weight excluding hydrogens is 341 g/mol. The van der Waals surface area contributed by atoms with E-state index in [4.69, 9.17) is 4.74 Å². The van der Waals surface area contributed by atoms with Crippen molar-refractivity contribution in [1.29, 1.82) is 0 Å². The molecule has 20 heavy (non-hydrogen) atoms. The Morgan fingerprint density at radius 1 is 1.25 bits per heavy atom. The molecule has 4 nitrogen and oxygen atoms in total. The van der Waals surface area contributed by atoms with E-state index in [1.165, 1.54) is 18.2 Å². The van der Waals surface area contributed by atoms with Crippen LogP contribution in [0.2, 0.25) is 0 Å². The van der Waals surface area contributed by atoms with Crippen LogP contribution in [0, 0.1) is 0 Å². The van der Waals surface area contributed by atoms with Crippen LogP contribution in [-0.4, -0.2) is 16.3 Å². The average Bonchev–Trinajstić information content (AvgIpc) is 2.40. The van der Waals surface area contributed by atoms with Gasteiger partial charge in [0.25, 0.3) is 0 Å². The van der Waals surface area contributed by atoms with Gasteiger partial charge in [-0.3, -0.25) is 4.79 Å². The minimum absolute atomic E-state index is 0.162. The number of nitrogens with zero attached hydrogens (tertiary/aromatic N) is 2. The van der Waals surface area contributed by atoms with E-state index in [0.717, 1.165) is 12.3 Å². The van der Waals surface area contributed by atoms with Crippen LogP contribution in [0.5, 0.6) is 11.8 Å². The van der Waals surface area contributed by atoms with Gasteiger partial charge in [-0.1, -0.05) is 15.9 Å². The van der Waals surface area contributed by atoms with Crippen molar-refractivity contribution in [2.24, 2.45) is 0 Å². The number of hydrogen-bond acceptors (Lipinski definition) is 4. The third-order valence-corrected chi connectivity index (χ3v) is 2.95. The highest BCUT2D eigenvalue weighted by Crippen LogP contribution is 2.29. The van der Waals surface area contributed by atoms with Crippen LogP contribution < -0.4 is 4.74 Å². The van der Waals surface area contributed by atoms with Gasteiger partial charge in [-0.2, -0.15) is 18.2 Å². The molecule has 0 aliphatic rings. The Morgan fingerprint density at radius 3 is 2.65 bits per heavy atom. The number of aromatic nitrogens is 2. The summed E-state index contributed by atoms with van der Waals surface area (Å²) in [5, 5.41) is 0. The molecule has 1 aromatic carbocycles. The Bertz CT molecular complexity index is 647. The largest absolute Gasteiger partial charge is 0.433 e. The summed E-state index contributed by atoms with van der Waals surface area (Å²) < 4.78 is 43.1. The van der Waals surface area contributed by atoms with Gasteiger partial charge >= 0.3 is 12.2 Å². The third-order valence-electron chi connectivity index (χ3n) is 2.23. The van der Waals surface area contributed by atoms with E-state index in [1.807, 2.05) is 0 Å². The summed E-state index contributed by atoms with van der Waals surface area (Å²) in [7, 11) is 0. The molecule has 2 rings (SSSR count). The molecule has 1 aromatic heterocycles. The summed E-state index contributed by atoms with van der Waals surface area (Å²) in [4.78, 5) is 17.6. The first-order chi connectivity index (χ1) is 9.40. The van der Waals surface area contributed by atoms with Crippen molar-refractivity contribution in [2.75, 3.05) is 0 Å². The van der Waals surface area contributed by atoms with Crippen molar-refractivity contribution >= 4 is 22.2 Å². The van der Waals surface area contributed by atoms with Gasteiger partial charge in [-0.15, -0.1) is 0 Å². The van der Waals surface area contributed by atoms with Crippen molar-refractivity contribution in [3.05, 3.63) is 46.2 Å².